The van der Waals surface area contributed by atoms with Crippen LogP contribution in [0.3, 0.4) is 0 Å². The predicted molar refractivity (Wildman–Crippen MR) is 62.6 cm³/mol. The van der Waals surface area contributed by atoms with E-state index in [9.17, 15) is 4.39 Å². The zero-order valence-electron chi connectivity index (χ0n) is 9.88. The summed E-state index contributed by atoms with van der Waals surface area (Å²) in [6, 6.07) is 4.61. The lowest BCUT2D eigenvalue weighted by molar-refractivity contribution is 0.0353. The number of hydrogen-bond acceptors (Lipinski definition) is 3. The normalized spacial score (nSPS) is 17.8. The maximum atomic E-state index is 13.1. The van der Waals surface area contributed by atoms with Crippen molar-refractivity contribution in [2.45, 2.75) is 12.5 Å². The van der Waals surface area contributed by atoms with Crippen molar-refractivity contribution in [2.75, 3.05) is 32.1 Å². The van der Waals surface area contributed by atoms with E-state index in [-0.39, 0.29) is 11.4 Å². The summed E-state index contributed by atoms with van der Waals surface area (Å²) in [6.45, 7) is 3.71. The monoisotopic (exact) mass is 224 g/mol. The smallest absolute Gasteiger partial charge is 0.143 e. The van der Waals surface area contributed by atoms with Gasteiger partial charge in [0, 0.05) is 33.3 Å². The number of ether oxygens (including phenoxy) is 1. The van der Waals surface area contributed by atoms with Gasteiger partial charge in [-0.15, -0.1) is 0 Å². The SMILES string of the molecule is CN(C)c1cc(F)ccc1OC1(C)CNC1. The van der Waals surface area contributed by atoms with Gasteiger partial charge in [0.05, 0.1) is 5.69 Å². The Morgan fingerprint density at radius 1 is 1.38 bits per heavy atom. The summed E-state index contributed by atoms with van der Waals surface area (Å²) in [4.78, 5) is 1.86. The van der Waals surface area contributed by atoms with Crippen LogP contribution in [0, 0.1) is 5.82 Å². The predicted octanol–water partition coefficient (Wildman–Crippen LogP) is 1.63. The van der Waals surface area contributed by atoms with Crippen LogP contribution < -0.4 is 15.0 Å². The summed E-state index contributed by atoms with van der Waals surface area (Å²) < 4.78 is 19.1. The van der Waals surface area contributed by atoms with E-state index >= 15 is 0 Å². The van der Waals surface area contributed by atoms with E-state index in [1.807, 2.05) is 25.9 Å². The average Bonchev–Trinajstić information content (AvgIpc) is 2.18. The molecule has 1 saturated heterocycles. The third-order valence-electron chi connectivity index (χ3n) is 2.76. The van der Waals surface area contributed by atoms with E-state index in [1.165, 1.54) is 12.1 Å². The van der Waals surface area contributed by atoms with Crippen molar-refractivity contribution in [2.24, 2.45) is 0 Å². The van der Waals surface area contributed by atoms with E-state index in [0.29, 0.717) is 0 Å². The largest absolute Gasteiger partial charge is 0.483 e. The van der Waals surface area contributed by atoms with Gasteiger partial charge >= 0.3 is 0 Å². The highest BCUT2D eigenvalue weighted by molar-refractivity contribution is 5.58. The Kier molecular flexibility index (Phi) is 2.76. The highest BCUT2D eigenvalue weighted by atomic mass is 19.1. The first kappa shape index (κ1) is 11.2. The lowest BCUT2D eigenvalue weighted by Crippen LogP contribution is -2.61. The molecule has 1 aliphatic rings. The zero-order chi connectivity index (χ0) is 11.8. The van der Waals surface area contributed by atoms with Crippen LogP contribution in [-0.2, 0) is 0 Å². The fraction of sp³-hybridized carbons (Fsp3) is 0.500. The van der Waals surface area contributed by atoms with Gasteiger partial charge in [0.25, 0.3) is 0 Å². The summed E-state index contributed by atoms with van der Waals surface area (Å²) in [7, 11) is 3.76. The van der Waals surface area contributed by atoms with Crippen molar-refractivity contribution in [1.29, 1.82) is 0 Å². The van der Waals surface area contributed by atoms with Gasteiger partial charge in [-0.05, 0) is 19.1 Å². The van der Waals surface area contributed by atoms with Crippen molar-refractivity contribution in [3.8, 4) is 5.75 Å². The maximum Gasteiger partial charge on any atom is 0.143 e. The Hall–Kier alpha value is -1.29. The van der Waals surface area contributed by atoms with E-state index in [1.54, 1.807) is 6.07 Å². The Labute approximate surface area is 95.2 Å². The van der Waals surface area contributed by atoms with Crippen LogP contribution in [0.4, 0.5) is 10.1 Å². The molecule has 0 amide bonds. The highest BCUT2D eigenvalue weighted by Gasteiger charge is 2.34. The van der Waals surface area contributed by atoms with Crippen molar-refractivity contribution >= 4 is 5.69 Å². The van der Waals surface area contributed by atoms with E-state index in [2.05, 4.69) is 5.32 Å². The van der Waals surface area contributed by atoms with Gasteiger partial charge in [0.2, 0.25) is 0 Å². The molecule has 0 aliphatic carbocycles. The molecule has 0 aromatic heterocycles. The molecule has 0 spiro atoms. The molecule has 1 fully saturated rings. The molecular formula is C12H17FN2O. The maximum absolute atomic E-state index is 13.1. The fourth-order valence-corrected chi connectivity index (χ4v) is 1.74. The van der Waals surface area contributed by atoms with Crippen LogP contribution >= 0.6 is 0 Å². The number of hydrogen-bond donors (Lipinski definition) is 1. The Bertz CT molecular complexity index is 389. The standard InChI is InChI=1S/C12H17FN2O/c1-12(7-14-8-12)16-11-5-4-9(13)6-10(11)15(2)3/h4-6,14H,7-8H2,1-3H3. The summed E-state index contributed by atoms with van der Waals surface area (Å²) >= 11 is 0. The third kappa shape index (κ3) is 2.11. The molecule has 4 heteroatoms. The molecule has 3 nitrogen and oxygen atoms in total. The van der Waals surface area contributed by atoms with E-state index < -0.39 is 0 Å². The van der Waals surface area contributed by atoms with Crippen LogP contribution in [-0.4, -0.2) is 32.8 Å². The topological polar surface area (TPSA) is 24.5 Å². The molecule has 0 unspecified atom stereocenters. The van der Waals surface area contributed by atoms with Gasteiger partial charge in [-0.25, -0.2) is 4.39 Å². The molecule has 2 rings (SSSR count). The second-order valence-corrected chi connectivity index (χ2v) is 4.66. The first-order valence-corrected chi connectivity index (χ1v) is 5.37. The summed E-state index contributed by atoms with van der Waals surface area (Å²) in [5, 5.41) is 3.17. The summed E-state index contributed by atoms with van der Waals surface area (Å²) in [5.74, 6) is 0.489. The van der Waals surface area contributed by atoms with Gasteiger partial charge in [-0.1, -0.05) is 0 Å². The molecule has 1 aromatic carbocycles. The molecule has 0 radical (unpaired) electrons. The quantitative estimate of drug-likeness (QED) is 0.844. The Balaban J connectivity index is 2.25. The average molecular weight is 224 g/mol. The van der Waals surface area contributed by atoms with Crippen LogP contribution in [0.5, 0.6) is 5.75 Å². The van der Waals surface area contributed by atoms with E-state index in [4.69, 9.17) is 4.74 Å². The minimum Gasteiger partial charge on any atom is -0.483 e. The first-order valence-electron chi connectivity index (χ1n) is 5.37. The molecule has 16 heavy (non-hydrogen) atoms. The molecular weight excluding hydrogens is 207 g/mol. The molecule has 88 valence electrons. The number of anilines is 1. The van der Waals surface area contributed by atoms with E-state index in [0.717, 1.165) is 24.5 Å². The zero-order valence-corrected chi connectivity index (χ0v) is 9.88. The molecule has 1 aromatic rings. The molecule has 1 aliphatic heterocycles. The van der Waals surface area contributed by atoms with Crippen LogP contribution in [0.1, 0.15) is 6.92 Å². The second-order valence-electron chi connectivity index (χ2n) is 4.66. The minimum atomic E-state index is -0.243. The highest BCUT2D eigenvalue weighted by Crippen LogP contribution is 2.31. The molecule has 0 bridgehead atoms. The van der Waals surface area contributed by atoms with Crippen molar-refractivity contribution < 1.29 is 9.13 Å². The minimum absolute atomic E-state index is 0.164. The third-order valence-corrected chi connectivity index (χ3v) is 2.76. The molecule has 0 saturated carbocycles. The van der Waals surface area contributed by atoms with Crippen LogP contribution in [0.15, 0.2) is 18.2 Å². The first-order chi connectivity index (χ1) is 7.50. The van der Waals surface area contributed by atoms with Gasteiger partial charge in [-0.3, -0.25) is 0 Å². The number of halogens is 1. The summed E-state index contributed by atoms with van der Waals surface area (Å²) in [6.07, 6.45) is 0. The van der Waals surface area contributed by atoms with Crippen molar-refractivity contribution in [3.63, 3.8) is 0 Å². The number of nitrogens with zero attached hydrogens (tertiary/aromatic N) is 1. The van der Waals surface area contributed by atoms with Crippen LogP contribution in [0.25, 0.3) is 0 Å². The molecule has 1 heterocycles. The van der Waals surface area contributed by atoms with Gasteiger partial charge < -0.3 is 15.0 Å². The van der Waals surface area contributed by atoms with Gasteiger partial charge in [-0.2, -0.15) is 0 Å². The van der Waals surface area contributed by atoms with Crippen molar-refractivity contribution in [3.05, 3.63) is 24.0 Å². The second kappa shape index (κ2) is 3.94. The number of benzene rings is 1. The Morgan fingerprint density at radius 3 is 2.56 bits per heavy atom. The van der Waals surface area contributed by atoms with Gasteiger partial charge in [0.1, 0.15) is 17.2 Å². The lowest BCUT2D eigenvalue weighted by Gasteiger charge is -2.40. The van der Waals surface area contributed by atoms with Gasteiger partial charge in [0.15, 0.2) is 0 Å². The summed E-state index contributed by atoms with van der Waals surface area (Å²) in [5.41, 5.74) is 0.607. The number of rotatable bonds is 3. The Morgan fingerprint density at radius 2 is 2.06 bits per heavy atom. The molecule has 0 atom stereocenters. The fourth-order valence-electron chi connectivity index (χ4n) is 1.74. The molecule has 1 N–H and O–H groups in total. The lowest BCUT2D eigenvalue weighted by atomic mass is 10.00. The van der Waals surface area contributed by atoms with Crippen molar-refractivity contribution in [1.82, 2.24) is 5.32 Å². The van der Waals surface area contributed by atoms with Crippen LogP contribution in [0.2, 0.25) is 0 Å². The number of nitrogens with one attached hydrogen (secondary N) is 1.